The van der Waals surface area contributed by atoms with Crippen molar-refractivity contribution >= 4 is 0 Å². The fourth-order valence-corrected chi connectivity index (χ4v) is 1.03. The van der Waals surface area contributed by atoms with Gasteiger partial charge in [-0.3, -0.25) is 4.79 Å². The third kappa shape index (κ3) is 1.72. The van der Waals surface area contributed by atoms with Crippen LogP contribution in [0, 0.1) is 18.3 Å². The van der Waals surface area contributed by atoms with Crippen molar-refractivity contribution in [1.29, 1.82) is 5.26 Å². The molecule has 0 amide bonds. The maximum absolute atomic E-state index is 12.3. The molecule has 1 aromatic rings. The number of alkyl halides is 2. The number of nitrogens with zero attached hydrogens (tertiary/aromatic N) is 1. The first kappa shape index (κ1) is 9.39. The van der Waals surface area contributed by atoms with E-state index in [4.69, 9.17) is 5.26 Å². The third-order valence-electron chi connectivity index (χ3n) is 1.61. The van der Waals surface area contributed by atoms with Crippen LogP contribution < -0.4 is 5.56 Å². The van der Waals surface area contributed by atoms with Gasteiger partial charge in [0.1, 0.15) is 6.07 Å². The van der Waals surface area contributed by atoms with Crippen LogP contribution in [0.5, 0.6) is 0 Å². The minimum atomic E-state index is -2.80. The van der Waals surface area contributed by atoms with Crippen molar-refractivity contribution in [3.8, 4) is 6.07 Å². The molecule has 3 nitrogen and oxygen atoms in total. The average Bonchev–Trinajstić information content (AvgIpc) is 2.02. The van der Waals surface area contributed by atoms with Crippen LogP contribution in [0.2, 0.25) is 0 Å². The fraction of sp³-hybridized carbons (Fsp3) is 0.250. The van der Waals surface area contributed by atoms with Crippen molar-refractivity contribution in [2.24, 2.45) is 0 Å². The van der Waals surface area contributed by atoms with Gasteiger partial charge in [0.05, 0.1) is 5.56 Å². The van der Waals surface area contributed by atoms with Crippen LogP contribution in [-0.2, 0) is 0 Å². The van der Waals surface area contributed by atoms with E-state index in [0.717, 1.165) is 6.07 Å². The van der Waals surface area contributed by atoms with Crippen molar-refractivity contribution in [3.63, 3.8) is 0 Å². The lowest BCUT2D eigenvalue weighted by atomic mass is 10.1. The van der Waals surface area contributed by atoms with Gasteiger partial charge in [0.25, 0.3) is 6.43 Å². The maximum Gasteiger partial charge on any atom is 0.265 e. The molecule has 13 heavy (non-hydrogen) atoms. The second-order valence-corrected chi connectivity index (χ2v) is 2.50. The molecule has 0 radical (unpaired) electrons. The number of hydrogen-bond donors (Lipinski definition) is 1. The first-order valence-electron chi connectivity index (χ1n) is 3.48. The summed E-state index contributed by atoms with van der Waals surface area (Å²) >= 11 is 0. The zero-order chi connectivity index (χ0) is 10.0. The summed E-state index contributed by atoms with van der Waals surface area (Å²) in [6.45, 7) is 1.41. The Morgan fingerprint density at radius 3 is 2.69 bits per heavy atom. The van der Waals surface area contributed by atoms with Crippen molar-refractivity contribution < 1.29 is 8.78 Å². The smallest absolute Gasteiger partial charge is 0.265 e. The van der Waals surface area contributed by atoms with E-state index >= 15 is 0 Å². The van der Waals surface area contributed by atoms with Crippen LogP contribution >= 0.6 is 0 Å². The summed E-state index contributed by atoms with van der Waals surface area (Å²) in [5.74, 6) is 0. The first-order valence-corrected chi connectivity index (χ1v) is 3.48. The zero-order valence-corrected chi connectivity index (χ0v) is 6.77. The Morgan fingerprint density at radius 1 is 1.62 bits per heavy atom. The number of rotatable bonds is 1. The van der Waals surface area contributed by atoms with Gasteiger partial charge in [-0.1, -0.05) is 0 Å². The molecule has 1 rings (SSSR count). The van der Waals surface area contributed by atoms with E-state index in [9.17, 15) is 13.6 Å². The second-order valence-electron chi connectivity index (χ2n) is 2.50. The van der Waals surface area contributed by atoms with Crippen LogP contribution in [0.1, 0.15) is 23.2 Å². The summed E-state index contributed by atoms with van der Waals surface area (Å²) in [6, 6.07) is 2.37. The predicted molar refractivity (Wildman–Crippen MR) is 41.5 cm³/mol. The molecule has 0 saturated carbocycles. The SMILES string of the molecule is Cc1[nH]c(=O)cc(C(F)F)c1C#N. The summed E-state index contributed by atoms with van der Waals surface area (Å²) in [5.41, 5.74) is -1.12. The summed E-state index contributed by atoms with van der Waals surface area (Å²) in [6.07, 6.45) is -2.80. The number of aromatic nitrogens is 1. The van der Waals surface area contributed by atoms with E-state index in [1.54, 1.807) is 6.07 Å². The van der Waals surface area contributed by atoms with E-state index in [2.05, 4.69) is 4.98 Å². The Labute approximate surface area is 72.6 Å². The number of H-pyrrole nitrogens is 1. The van der Waals surface area contributed by atoms with Crippen LogP contribution in [0.3, 0.4) is 0 Å². The molecule has 0 fully saturated rings. The van der Waals surface area contributed by atoms with E-state index in [-0.39, 0.29) is 11.3 Å². The maximum atomic E-state index is 12.3. The topological polar surface area (TPSA) is 56.6 Å². The fourth-order valence-electron chi connectivity index (χ4n) is 1.03. The molecule has 0 unspecified atom stereocenters. The lowest BCUT2D eigenvalue weighted by Crippen LogP contribution is -2.10. The number of aromatic amines is 1. The van der Waals surface area contributed by atoms with Gasteiger partial charge < -0.3 is 4.98 Å². The molecule has 0 aliphatic rings. The number of nitriles is 1. The normalized spacial score (nSPS) is 10.1. The Kier molecular flexibility index (Phi) is 2.42. The van der Waals surface area contributed by atoms with Gasteiger partial charge in [-0.15, -0.1) is 0 Å². The molecule has 1 N–H and O–H groups in total. The number of nitrogens with one attached hydrogen (secondary N) is 1. The van der Waals surface area contributed by atoms with E-state index in [1.165, 1.54) is 6.92 Å². The number of pyridine rings is 1. The third-order valence-corrected chi connectivity index (χ3v) is 1.61. The zero-order valence-electron chi connectivity index (χ0n) is 6.77. The highest BCUT2D eigenvalue weighted by atomic mass is 19.3. The van der Waals surface area contributed by atoms with Gasteiger partial charge in [-0.05, 0) is 6.92 Å². The molecule has 1 aromatic heterocycles. The number of aryl methyl sites for hydroxylation is 1. The van der Waals surface area contributed by atoms with E-state index < -0.39 is 17.5 Å². The highest BCUT2D eigenvalue weighted by molar-refractivity contribution is 5.40. The Hall–Kier alpha value is -1.70. The van der Waals surface area contributed by atoms with Crippen LogP contribution in [0.25, 0.3) is 0 Å². The van der Waals surface area contributed by atoms with Crippen LogP contribution in [-0.4, -0.2) is 4.98 Å². The lowest BCUT2D eigenvalue weighted by Gasteiger charge is -2.03. The molecule has 0 atom stereocenters. The van der Waals surface area contributed by atoms with Gasteiger partial charge >= 0.3 is 0 Å². The molecule has 0 aromatic carbocycles. The predicted octanol–water partition coefficient (Wildman–Crippen LogP) is 1.49. The highest BCUT2D eigenvalue weighted by Gasteiger charge is 2.15. The summed E-state index contributed by atoms with van der Waals surface area (Å²) in [7, 11) is 0. The minimum Gasteiger partial charge on any atom is -0.325 e. The van der Waals surface area contributed by atoms with E-state index in [0.29, 0.717) is 0 Å². The number of hydrogen-bond acceptors (Lipinski definition) is 2. The monoisotopic (exact) mass is 184 g/mol. The first-order chi connectivity index (χ1) is 6.06. The average molecular weight is 184 g/mol. The molecule has 0 spiro atoms. The molecule has 0 saturated heterocycles. The van der Waals surface area contributed by atoms with Crippen molar-refractivity contribution in [2.75, 3.05) is 0 Å². The van der Waals surface area contributed by atoms with Crippen LogP contribution in [0.4, 0.5) is 8.78 Å². The van der Waals surface area contributed by atoms with Crippen molar-refractivity contribution in [1.82, 2.24) is 4.98 Å². The summed E-state index contributed by atoms with van der Waals surface area (Å²) in [5, 5.41) is 8.53. The molecule has 1 heterocycles. The Balaban J connectivity index is 3.50. The number of halogens is 2. The van der Waals surface area contributed by atoms with Gasteiger partial charge in [-0.25, -0.2) is 8.78 Å². The van der Waals surface area contributed by atoms with Gasteiger partial charge in [0.15, 0.2) is 0 Å². The quantitative estimate of drug-likeness (QED) is 0.718. The molecule has 68 valence electrons. The Bertz CT molecular complexity index is 417. The molecule has 0 aliphatic heterocycles. The van der Waals surface area contributed by atoms with Gasteiger partial charge in [-0.2, -0.15) is 5.26 Å². The standard InChI is InChI=1S/C8H6F2N2O/c1-4-6(3-11)5(8(9)10)2-7(13)12-4/h2,8H,1H3,(H,12,13). The summed E-state index contributed by atoms with van der Waals surface area (Å²) < 4.78 is 24.5. The molecule has 0 bridgehead atoms. The Morgan fingerprint density at radius 2 is 2.23 bits per heavy atom. The molecular formula is C8H6F2N2O. The van der Waals surface area contributed by atoms with Crippen molar-refractivity contribution in [2.45, 2.75) is 13.3 Å². The second kappa shape index (κ2) is 3.35. The minimum absolute atomic E-state index is 0.158. The summed E-state index contributed by atoms with van der Waals surface area (Å²) in [4.78, 5) is 13.1. The van der Waals surface area contributed by atoms with Gasteiger partial charge in [0, 0.05) is 17.3 Å². The van der Waals surface area contributed by atoms with Gasteiger partial charge in [0.2, 0.25) is 5.56 Å². The molecule has 0 aliphatic carbocycles. The highest BCUT2D eigenvalue weighted by Crippen LogP contribution is 2.21. The van der Waals surface area contributed by atoms with Crippen LogP contribution in [0.15, 0.2) is 10.9 Å². The largest absolute Gasteiger partial charge is 0.325 e. The molecular weight excluding hydrogens is 178 g/mol. The lowest BCUT2D eigenvalue weighted by molar-refractivity contribution is 0.150. The van der Waals surface area contributed by atoms with E-state index in [1.807, 2.05) is 0 Å². The van der Waals surface area contributed by atoms with Crippen molar-refractivity contribution in [3.05, 3.63) is 33.2 Å². The molecule has 5 heteroatoms.